The highest BCUT2D eigenvalue weighted by atomic mass is 15.4. The van der Waals surface area contributed by atoms with Crippen LogP contribution in [0.15, 0.2) is 34.1 Å². The topological polar surface area (TPSA) is 104 Å². The van der Waals surface area contributed by atoms with Crippen molar-refractivity contribution < 1.29 is 0 Å². The predicted octanol–water partition coefficient (Wildman–Crippen LogP) is 2.32. The SMILES string of the molecule is CC1=C(c2ccc(N)cc2C)CN(C(N)=NN=N)CC1. The highest BCUT2D eigenvalue weighted by Gasteiger charge is 2.20. The number of guanidine groups is 1. The van der Waals surface area contributed by atoms with Crippen LogP contribution >= 0.6 is 0 Å². The van der Waals surface area contributed by atoms with Gasteiger partial charge in [-0.05, 0) is 54.3 Å². The van der Waals surface area contributed by atoms with E-state index >= 15 is 0 Å². The number of aryl methyl sites for hydroxylation is 1. The molecule has 0 saturated heterocycles. The van der Waals surface area contributed by atoms with Crippen molar-refractivity contribution in [2.24, 2.45) is 16.1 Å². The molecular formula is C14H20N6. The predicted molar refractivity (Wildman–Crippen MR) is 81.1 cm³/mol. The third-order valence-corrected chi connectivity index (χ3v) is 3.67. The van der Waals surface area contributed by atoms with E-state index in [1.807, 2.05) is 17.0 Å². The fourth-order valence-corrected chi connectivity index (χ4v) is 2.51. The number of nitrogens with one attached hydrogen (secondary N) is 1. The molecule has 0 atom stereocenters. The molecule has 1 aliphatic rings. The summed E-state index contributed by atoms with van der Waals surface area (Å²) in [4.78, 5) is 1.94. The molecule has 1 aromatic rings. The Morgan fingerprint density at radius 3 is 2.75 bits per heavy atom. The monoisotopic (exact) mass is 272 g/mol. The fraction of sp³-hybridized carbons (Fsp3) is 0.357. The largest absolute Gasteiger partial charge is 0.399 e. The van der Waals surface area contributed by atoms with Gasteiger partial charge in [0.05, 0.1) is 0 Å². The third-order valence-electron chi connectivity index (χ3n) is 3.67. The Balaban J connectivity index is 2.34. The minimum Gasteiger partial charge on any atom is -0.399 e. The lowest BCUT2D eigenvalue weighted by Crippen LogP contribution is -2.41. The quantitative estimate of drug-likeness (QED) is 0.253. The van der Waals surface area contributed by atoms with E-state index in [-0.39, 0.29) is 5.96 Å². The molecule has 106 valence electrons. The highest BCUT2D eigenvalue weighted by molar-refractivity contribution is 5.83. The number of anilines is 1. The van der Waals surface area contributed by atoms with E-state index in [9.17, 15) is 0 Å². The Kier molecular flexibility index (Phi) is 4.02. The summed E-state index contributed by atoms with van der Waals surface area (Å²) >= 11 is 0. The molecule has 5 N–H and O–H groups in total. The van der Waals surface area contributed by atoms with Crippen LogP contribution in [0.5, 0.6) is 0 Å². The zero-order valence-electron chi connectivity index (χ0n) is 11.8. The van der Waals surface area contributed by atoms with E-state index in [0.717, 1.165) is 24.2 Å². The Morgan fingerprint density at radius 1 is 1.35 bits per heavy atom. The standard InChI is InChI=1S/C14H20N6/c1-9-5-6-20(14(16)18-19-17)8-13(9)12-4-3-11(15)7-10(12)2/h3-4,7H,5-6,8,15H2,1-2H3,(H3,16,17,18). The summed E-state index contributed by atoms with van der Waals surface area (Å²) in [6.07, 6.45) is 0.924. The number of benzene rings is 1. The number of nitrogens with zero attached hydrogens (tertiary/aromatic N) is 3. The van der Waals surface area contributed by atoms with Crippen molar-refractivity contribution >= 4 is 17.2 Å². The van der Waals surface area contributed by atoms with Gasteiger partial charge < -0.3 is 16.4 Å². The second-order valence-electron chi connectivity index (χ2n) is 5.06. The van der Waals surface area contributed by atoms with Crippen LogP contribution in [-0.4, -0.2) is 23.9 Å². The number of nitrogen functional groups attached to an aromatic ring is 1. The minimum atomic E-state index is 0.290. The minimum absolute atomic E-state index is 0.290. The van der Waals surface area contributed by atoms with E-state index in [1.54, 1.807) is 0 Å². The smallest absolute Gasteiger partial charge is 0.218 e. The van der Waals surface area contributed by atoms with Gasteiger partial charge >= 0.3 is 0 Å². The molecule has 0 spiro atoms. The summed E-state index contributed by atoms with van der Waals surface area (Å²) in [6.45, 7) is 5.68. The Labute approximate surface area is 118 Å². The summed E-state index contributed by atoms with van der Waals surface area (Å²) in [7, 11) is 0. The highest BCUT2D eigenvalue weighted by Crippen LogP contribution is 2.29. The lowest BCUT2D eigenvalue weighted by atomic mass is 9.92. The molecule has 20 heavy (non-hydrogen) atoms. The van der Waals surface area contributed by atoms with Crippen LogP contribution in [0.2, 0.25) is 0 Å². The molecule has 0 aromatic heterocycles. The molecule has 2 rings (SSSR count). The van der Waals surface area contributed by atoms with Gasteiger partial charge in [-0.1, -0.05) is 16.7 Å². The lowest BCUT2D eigenvalue weighted by Gasteiger charge is -2.31. The molecule has 1 heterocycles. The summed E-state index contributed by atoms with van der Waals surface area (Å²) in [5.41, 5.74) is 24.1. The molecule has 0 amide bonds. The van der Waals surface area contributed by atoms with Crippen molar-refractivity contribution in [3.8, 4) is 0 Å². The maximum absolute atomic E-state index is 6.77. The van der Waals surface area contributed by atoms with Crippen LogP contribution in [0.1, 0.15) is 24.5 Å². The Hall–Kier alpha value is -2.37. The summed E-state index contributed by atoms with van der Waals surface area (Å²) in [5.74, 6) is 0.290. The number of rotatable bonds is 2. The van der Waals surface area contributed by atoms with E-state index in [1.165, 1.54) is 16.7 Å². The van der Waals surface area contributed by atoms with Crippen LogP contribution in [0.25, 0.3) is 5.57 Å². The molecule has 6 nitrogen and oxygen atoms in total. The van der Waals surface area contributed by atoms with Crippen molar-refractivity contribution in [2.75, 3.05) is 18.8 Å². The molecule has 0 fully saturated rings. The van der Waals surface area contributed by atoms with E-state index in [0.29, 0.717) is 6.54 Å². The molecule has 0 aliphatic carbocycles. The van der Waals surface area contributed by atoms with Crippen LogP contribution in [-0.2, 0) is 0 Å². The van der Waals surface area contributed by atoms with Gasteiger partial charge in [0, 0.05) is 18.8 Å². The molecule has 0 unspecified atom stereocenters. The molecule has 1 aliphatic heterocycles. The van der Waals surface area contributed by atoms with Crippen molar-refractivity contribution in [3.63, 3.8) is 0 Å². The molecular weight excluding hydrogens is 252 g/mol. The van der Waals surface area contributed by atoms with Crippen molar-refractivity contribution in [1.82, 2.24) is 4.90 Å². The number of hydrogen-bond acceptors (Lipinski definition) is 3. The van der Waals surface area contributed by atoms with Crippen molar-refractivity contribution in [2.45, 2.75) is 20.3 Å². The first-order chi connectivity index (χ1) is 9.52. The van der Waals surface area contributed by atoms with Gasteiger partial charge in [-0.15, -0.1) is 0 Å². The van der Waals surface area contributed by atoms with E-state index in [4.69, 9.17) is 17.0 Å². The fourth-order valence-electron chi connectivity index (χ4n) is 2.51. The normalized spacial score (nSPS) is 16.5. The van der Waals surface area contributed by atoms with Gasteiger partial charge in [-0.25, -0.2) is 0 Å². The van der Waals surface area contributed by atoms with E-state index < -0.39 is 0 Å². The summed E-state index contributed by atoms with van der Waals surface area (Å²) in [6, 6.07) is 5.94. The number of hydrogen-bond donors (Lipinski definition) is 3. The summed E-state index contributed by atoms with van der Waals surface area (Å²) in [5, 5.41) is 6.60. The molecule has 0 bridgehead atoms. The second-order valence-corrected chi connectivity index (χ2v) is 5.06. The molecule has 0 saturated carbocycles. The first-order valence-electron chi connectivity index (χ1n) is 6.53. The molecule has 6 heteroatoms. The van der Waals surface area contributed by atoms with Gasteiger partial charge in [0.15, 0.2) is 0 Å². The average molecular weight is 272 g/mol. The van der Waals surface area contributed by atoms with Crippen molar-refractivity contribution in [3.05, 3.63) is 34.9 Å². The van der Waals surface area contributed by atoms with Gasteiger partial charge in [0.25, 0.3) is 0 Å². The second kappa shape index (κ2) is 5.73. The Bertz CT molecular complexity index is 587. The van der Waals surface area contributed by atoms with Crippen LogP contribution in [0.3, 0.4) is 0 Å². The van der Waals surface area contributed by atoms with Gasteiger partial charge in [0.1, 0.15) is 0 Å². The Morgan fingerprint density at radius 2 is 2.10 bits per heavy atom. The van der Waals surface area contributed by atoms with Crippen LogP contribution < -0.4 is 11.5 Å². The van der Waals surface area contributed by atoms with E-state index in [2.05, 4.69) is 30.2 Å². The van der Waals surface area contributed by atoms with Crippen LogP contribution in [0.4, 0.5) is 5.69 Å². The van der Waals surface area contributed by atoms with Crippen LogP contribution in [0, 0.1) is 12.5 Å². The van der Waals surface area contributed by atoms with Gasteiger partial charge in [-0.3, -0.25) is 0 Å². The third kappa shape index (κ3) is 2.79. The number of nitrogens with two attached hydrogens (primary N) is 2. The maximum atomic E-state index is 6.77. The van der Waals surface area contributed by atoms with Gasteiger partial charge in [-0.2, -0.15) is 5.53 Å². The molecule has 1 aromatic carbocycles. The first-order valence-corrected chi connectivity index (χ1v) is 6.53. The van der Waals surface area contributed by atoms with Crippen molar-refractivity contribution in [1.29, 1.82) is 5.53 Å². The summed E-state index contributed by atoms with van der Waals surface area (Å²) < 4.78 is 0. The zero-order valence-corrected chi connectivity index (χ0v) is 11.8. The molecule has 0 radical (unpaired) electrons. The first kappa shape index (κ1) is 14.0. The lowest BCUT2D eigenvalue weighted by molar-refractivity contribution is 0.446. The van der Waals surface area contributed by atoms with Gasteiger partial charge in [0.2, 0.25) is 5.96 Å². The average Bonchev–Trinajstić information content (AvgIpc) is 2.40. The maximum Gasteiger partial charge on any atom is 0.218 e. The zero-order chi connectivity index (χ0) is 14.7.